The quantitative estimate of drug-likeness (QED) is 0.172. The molecule has 0 fully saturated rings. The lowest BCUT2D eigenvalue weighted by Crippen LogP contribution is -2.53. The number of fused-ring (bicyclic) bond motifs is 5. The number of hydrogen-bond donors (Lipinski definition) is 0. The van der Waals surface area contributed by atoms with E-state index < -0.39 is 0 Å². The predicted molar refractivity (Wildman–Crippen MR) is 246 cm³/mol. The van der Waals surface area contributed by atoms with Gasteiger partial charge >= 0.3 is 0 Å². The molecule has 0 saturated heterocycles. The van der Waals surface area contributed by atoms with Crippen LogP contribution in [0.4, 0.5) is 28.4 Å². The lowest BCUT2D eigenvalue weighted by Gasteiger charge is -2.51. The fourth-order valence-electron chi connectivity index (χ4n) is 9.58. The van der Waals surface area contributed by atoms with Gasteiger partial charge in [0.15, 0.2) is 0 Å². The largest absolute Gasteiger partial charge is 0.330 e. The van der Waals surface area contributed by atoms with Gasteiger partial charge in [0.25, 0.3) is 0 Å². The van der Waals surface area contributed by atoms with Crippen molar-refractivity contribution >= 4 is 40.0 Å². The maximum atomic E-state index is 7.39. The number of rotatable bonds is 5. The minimum atomic E-state index is -0.356. The number of halogens is 1. The summed E-state index contributed by atoms with van der Waals surface area (Å²) in [6.07, 6.45) is 2.12. The summed E-state index contributed by atoms with van der Waals surface area (Å²) in [6.45, 7) is 25.6. The highest BCUT2D eigenvalue weighted by atomic mass is 35.5. The molecule has 3 heteroatoms. The van der Waals surface area contributed by atoms with Gasteiger partial charge in [0.1, 0.15) is 0 Å². The molecule has 8 rings (SSSR count). The highest BCUT2D eigenvalue weighted by Gasteiger charge is 2.60. The van der Waals surface area contributed by atoms with E-state index in [-0.39, 0.29) is 27.2 Å². The summed E-state index contributed by atoms with van der Waals surface area (Å²) < 4.78 is 0. The Kier molecular flexibility index (Phi) is 9.36. The fourth-order valence-corrected chi connectivity index (χ4v) is 9.81. The third-order valence-electron chi connectivity index (χ3n) is 13.2. The summed E-state index contributed by atoms with van der Waals surface area (Å²) in [5.41, 5.74) is 15.7. The first kappa shape index (κ1) is 39.1. The van der Waals surface area contributed by atoms with Crippen LogP contribution in [0, 0.1) is 0 Å². The molecule has 2 unspecified atom stereocenters. The highest BCUT2D eigenvalue weighted by Crippen LogP contribution is 2.64. The zero-order valence-corrected chi connectivity index (χ0v) is 36.6. The molecule has 0 radical (unpaired) electrons. The standard InChI is InChI=1S/C54H59ClN2/c1-50(2,3)38-21-25-42(26-22-38)56(48-27-23-39(51(4,5)6)31-45(48)36-17-13-12-14-18-36)43-33-41(55)34-44(35-43)57-49-28-24-40(52(7,8)9)32-47(49)53(10)30-29-37-19-15-16-20-46(37)54(53,57)11/h12-28,31-35H,29-30H2,1-11H3. The summed E-state index contributed by atoms with van der Waals surface area (Å²) in [6, 6.07) is 50.0. The van der Waals surface area contributed by atoms with Gasteiger partial charge in [0, 0.05) is 38.8 Å². The summed E-state index contributed by atoms with van der Waals surface area (Å²) in [5, 5.41) is 0.709. The molecule has 1 aliphatic heterocycles. The average molecular weight is 772 g/mol. The van der Waals surface area contributed by atoms with Crippen LogP contribution in [-0.2, 0) is 33.6 Å². The number of anilines is 5. The minimum Gasteiger partial charge on any atom is -0.330 e. The van der Waals surface area contributed by atoms with Crippen LogP contribution in [0.25, 0.3) is 11.1 Å². The summed E-state index contributed by atoms with van der Waals surface area (Å²) in [7, 11) is 0. The van der Waals surface area contributed by atoms with Crippen molar-refractivity contribution in [2.24, 2.45) is 0 Å². The van der Waals surface area contributed by atoms with E-state index in [0.29, 0.717) is 5.02 Å². The Balaban J connectivity index is 1.40. The molecular formula is C54H59ClN2. The van der Waals surface area contributed by atoms with Gasteiger partial charge in [-0.1, -0.05) is 166 Å². The predicted octanol–water partition coefficient (Wildman–Crippen LogP) is 15.6. The van der Waals surface area contributed by atoms with Gasteiger partial charge in [0.2, 0.25) is 0 Å². The van der Waals surface area contributed by atoms with Crippen molar-refractivity contribution in [3.8, 4) is 11.1 Å². The van der Waals surface area contributed by atoms with Crippen LogP contribution < -0.4 is 9.80 Å². The van der Waals surface area contributed by atoms with Crippen molar-refractivity contribution in [3.63, 3.8) is 0 Å². The van der Waals surface area contributed by atoms with E-state index in [1.807, 2.05) is 0 Å². The molecule has 1 heterocycles. The fraction of sp³-hybridized carbons (Fsp3) is 0.333. The highest BCUT2D eigenvalue weighted by molar-refractivity contribution is 6.31. The van der Waals surface area contributed by atoms with E-state index >= 15 is 0 Å². The Hall–Kier alpha value is -4.79. The first-order chi connectivity index (χ1) is 26.8. The average Bonchev–Trinajstić information content (AvgIpc) is 3.37. The van der Waals surface area contributed by atoms with Crippen molar-refractivity contribution in [2.75, 3.05) is 9.80 Å². The Morgan fingerprint density at radius 3 is 1.82 bits per heavy atom. The molecule has 0 amide bonds. The van der Waals surface area contributed by atoms with Crippen LogP contribution in [0.3, 0.4) is 0 Å². The molecule has 2 nitrogen and oxygen atoms in total. The molecular weight excluding hydrogens is 712 g/mol. The minimum absolute atomic E-state index is 0.0150. The molecule has 2 aliphatic rings. The van der Waals surface area contributed by atoms with E-state index in [2.05, 4.69) is 219 Å². The summed E-state index contributed by atoms with van der Waals surface area (Å²) in [5.74, 6) is 0. The number of aryl methyl sites for hydroxylation is 1. The Morgan fingerprint density at radius 2 is 1.16 bits per heavy atom. The van der Waals surface area contributed by atoms with E-state index in [1.165, 1.54) is 50.2 Å². The monoisotopic (exact) mass is 770 g/mol. The first-order valence-corrected chi connectivity index (χ1v) is 21.1. The normalized spacial score (nSPS) is 19.2. The molecule has 6 aromatic carbocycles. The second-order valence-electron chi connectivity index (χ2n) is 20.0. The molecule has 0 bridgehead atoms. The summed E-state index contributed by atoms with van der Waals surface area (Å²) in [4.78, 5) is 5.05. The van der Waals surface area contributed by atoms with Gasteiger partial charge in [0.05, 0.1) is 11.2 Å². The first-order valence-electron chi connectivity index (χ1n) is 20.8. The van der Waals surface area contributed by atoms with Gasteiger partial charge in [-0.05, 0) is 123 Å². The second kappa shape index (κ2) is 13.7. The molecule has 2 atom stereocenters. The van der Waals surface area contributed by atoms with Crippen LogP contribution >= 0.6 is 11.6 Å². The van der Waals surface area contributed by atoms with E-state index in [1.54, 1.807) is 0 Å². The SMILES string of the molecule is CC(C)(C)c1ccc(N(c2cc(Cl)cc(N3c4ccc(C(C)(C)C)cc4C4(C)CCc5ccccc5C34C)c2)c2ccc(C(C)(C)C)cc2-c2ccccc2)cc1. The molecule has 6 aromatic rings. The lowest BCUT2D eigenvalue weighted by molar-refractivity contribution is 0.245. The number of benzene rings is 6. The molecule has 57 heavy (non-hydrogen) atoms. The lowest BCUT2D eigenvalue weighted by atomic mass is 9.59. The Morgan fingerprint density at radius 1 is 0.561 bits per heavy atom. The van der Waals surface area contributed by atoms with Crippen LogP contribution in [0.2, 0.25) is 5.02 Å². The van der Waals surface area contributed by atoms with Crippen LogP contribution in [0.1, 0.15) is 116 Å². The van der Waals surface area contributed by atoms with Crippen molar-refractivity contribution in [1.82, 2.24) is 0 Å². The van der Waals surface area contributed by atoms with E-state index in [0.717, 1.165) is 35.6 Å². The molecule has 0 saturated carbocycles. The van der Waals surface area contributed by atoms with Gasteiger partial charge in [-0.15, -0.1) is 0 Å². The van der Waals surface area contributed by atoms with Crippen LogP contribution in [-0.4, -0.2) is 0 Å². The van der Waals surface area contributed by atoms with E-state index in [4.69, 9.17) is 11.6 Å². The maximum Gasteiger partial charge on any atom is 0.0771 e. The van der Waals surface area contributed by atoms with Gasteiger partial charge < -0.3 is 9.80 Å². The molecule has 292 valence electrons. The van der Waals surface area contributed by atoms with Gasteiger partial charge in [-0.25, -0.2) is 0 Å². The van der Waals surface area contributed by atoms with Crippen LogP contribution in [0.5, 0.6) is 0 Å². The van der Waals surface area contributed by atoms with Gasteiger partial charge in [-0.2, -0.15) is 0 Å². The Labute approximate surface area is 347 Å². The summed E-state index contributed by atoms with van der Waals surface area (Å²) >= 11 is 7.39. The van der Waals surface area contributed by atoms with Crippen molar-refractivity contribution in [3.05, 3.63) is 172 Å². The van der Waals surface area contributed by atoms with Crippen LogP contribution in [0.15, 0.2) is 133 Å². The van der Waals surface area contributed by atoms with Crippen molar-refractivity contribution in [2.45, 2.75) is 116 Å². The number of nitrogens with zero attached hydrogens (tertiary/aromatic N) is 2. The third kappa shape index (κ3) is 6.59. The van der Waals surface area contributed by atoms with Crippen molar-refractivity contribution < 1.29 is 0 Å². The zero-order valence-electron chi connectivity index (χ0n) is 35.9. The topological polar surface area (TPSA) is 6.48 Å². The number of hydrogen-bond acceptors (Lipinski definition) is 2. The zero-order chi connectivity index (χ0) is 40.7. The Bertz CT molecular complexity index is 2460. The van der Waals surface area contributed by atoms with Crippen molar-refractivity contribution in [1.29, 1.82) is 0 Å². The smallest absolute Gasteiger partial charge is 0.0771 e. The van der Waals surface area contributed by atoms with Gasteiger partial charge in [-0.3, -0.25) is 0 Å². The van der Waals surface area contributed by atoms with E-state index in [9.17, 15) is 0 Å². The molecule has 0 aromatic heterocycles. The third-order valence-corrected chi connectivity index (χ3v) is 13.4. The molecule has 1 aliphatic carbocycles. The maximum absolute atomic E-state index is 7.39. The molecule has 0 N–H and O–H groups in total. The molecule has 0 spiro atoms. The second-order valence-corrected chi connectivity index (χ2v) is 20.5.